The first-order valence-corrected chi connectivity index (χ1v) is 8.23. The Bertz CT molecular complexity index is 621. The molecule has 1 aliphatic rings. The molecule has 0 spiro atoms. The molecule has 5 N–H and O–H groups in total. The summed E-state index contributed by atoms with van der Waals surface area (Å²) < 4.78 is 0. The lowest BCUT2D eigenvalue weighted by atomic mass is 9.93. The lowest BCUT2D eigenvalue weighted by molar-refractivity contribution is 0.126. The van der Waals surface area contributed by atoms with Crippen LogP contribution in [0.25, 0.3) is 10.2 Å². The van der Waals surface area contributed by atoms with Crippen molar-refractivity contribution in [3.8, 4) is 0 Å². The number of hydrogen-bond acceptors (Lipinski definition) is 7. The predicted octanol–water partition coefficient (Wildman–Crippen LogP) is 2.25. The molecule has 0 unspecified atom stereocenters. The van der Waals surface area contributed by atoms with Crippen LogP contribution in [0.4, 0.5) is 11.8 Å². The second kappa shape index (κ2) is 6.13. The largest absolute Gasteiger partial charge is 0.393 e. The quantitative estimate of drug-likeness (QED) is 0.511. The van der Waals surface area contributed by atoms with Gasteiger partial charge in [-0.1, -0.05) is 6.92 Å². The molecule has 0 bridgehead atoms. The van der Waals surface area contributed by atoms with E-state index in [9.17, 15) is 5.11 Å². The molecule has 2 aromatic rings. The lowest BCUT2D eigenvalue weighted by Gasteiger charge is -2.26. The standard InChI is InChI=1S/C14H21N5OS/c1-2-10-7-11-12(16-8-3-5-9(20)6-4-8)17-14(19-15)18-13(11)21-10/h7-9,20H,2-6,15H2,1H3,(H2,16,17,18,19). The molecule has 1 saturated carbocycles. The van der Waals surface area contributed by atoms with Crippen molar-refractivity contribution < 1.29 is 5.11 Å². The molecule has 3 rings (SSSR count). The van der Waals surface area contributed by atoms with Gasteiger partial charge in [0, 0.05) is 10.9 Å². The Labute approximate surface area is 127 Å². The van der Waals surface area contributed by atoms with E-state index in [0.29, 0.717) is 12.0 Å². The van der Waals surface area contributed by atoms with Crippen LogP contribution in [-0.4, -0.2) is 27.2 Å². The van der Waals surface area contributed by atoms with Gasteiger partial charge in [0.1, 0.15) is 10.6 Å². The number of aliphatic hydroxyl groups excluding tert-OH is 1. The number of aliphatic hydroxyl groups is 1. The minimum Gasteiger partial charge on any atom is -0.393 e. The Balaban J connectivity index is 1.90. The van der Waals surface area contributed by atoms with E-state index in [-0.39, 0.29) is 6.10 Å². The van der Waals surface area contributed by atoms with Crippen LogP contribution in [0.5, 0.6) is 0 Å². The molecule has 21 heavy (non-hydrogen) atoms. The number of aromatic nitrogens is 2. The van der Waals surface area contributed by atoms with Gasteiger partial charge in [0.05, 0.1) is 11.5 Å². The average Bonchev–Trinajstić information content (AvgIpc) is 2.92. The van der Waals surface area contributed by atoms with Crippen molar-refractivity contribution in [3.63, 3.8) is 0 Å². The molecular weight excluding hydrogens is 286 g/mol. The van der Waals surface area contributed by atoms with Crippen LogP contribution in [0, 0.1) is 0 Å². The minimum absolute atomic E-state index is 0.150. The van der Waals surface area contributed by atoms with E-state index in [0.717, 1.165) is 48.1 Å². The summed E-state index contributed by atoms with van der Waals surface area (Å²) in [4.78, 5) is 11.1. The van der Waals surface area contributed by atoms with Gasteiger partial charge in [0.2, 0.25) is 5.95 Å². The molecule has 0 amide bonds. The predicted molar refractivity (Wildman–Crippen MR) is 86.5 cm³/mol. The highest BCUT2D eigenvalue weighted by Gasteiger charge is 2.21. The fraction of sp³-hybridized carbons (Fsp3) is 0.571. The first kappa shape index (κ1) is 14.5. The fourth-order valence-electron chi connectivity index (χ4n) is 2.73. The fourth-order valence-corrected chi connectivity index (χ4v) is 3.70. The van der Waals surface area contributed by atoms with Crippen LogP contribution >= 0.6 is 11.3 Å². The number of rotatable bonds is 4. The minimum atomic E-state index is -0.150. The normalized spacial score (nSPS) is 22.4. The van der Waals surface area contributed by atoms with Crippen LogP contribution in [0.2, 0.25) is 0 Å². The summed E-state index contributed by atoms with van der Waals surface area (Å²) in [5, 5.41) is 14.2. The number of thiophene rings is 1. The first-order valence-electron chi connectivity index (χ1n) is 7.41. The smallest absolute Gasteiger partial charge is 0.240 e. The summed E-state index contributed by atoms with van der Waals surface area (Å²) in [6.07, 6.45) is 4.45. The number of anilines is 2. The highest BCUT2D eigenvalue weighted by Crippen LogP contribution is 2.32. The summed E-state index contributed by atoms with van der Waals surface area (Å²) >= 11 is 1.68. The van der Waals surface area contributed by atoms with E-state index in [1.807, 2.05) is 0 Å². The van der Waals surface area contributed by atoms with Gasteiger partial charge in [-0.25, -0.2) is 10.8 Å². The van der Waals surface area contributed by atoms with Crippen molar-refractivity contribution in [1.29, 1.82) is 0 Å². The van der Waals surface area contributed by atoms with Gasteiger partial charge >= 0.3 is 0 Å². The summed E-state index contributed by atoms with van der Waals surface area (Å²) in [7, 11) is 0. The van der Waals surface area contributed by atoms with Crippen LogP contribution in [-0.2, 0) is 6.42 Å². The van der Waals surface area contributed by atoms with Crippen molar-refractivity contribution >= 4 is 33.3 Å². The van der Waals surface area contributed by atoms with Gasteiger partial charge < -0.3 is 10.4 Å². The zero-order valence-corrected chi connectivity index (χ0v) is 12.9. The first-order chi connectivity index (χ1) is 10.2. The molecule has 1 aliphatic carbocycles. The maximum Gasteiger partial charge on any atom is 0.240 e. The van der Waals surface area contributed by atoms with Crippen molar-refractivity contribution in [3.05, 3.63) is 10.9 Å². The second-order valence-corrected chi connectivity index (χ2v) is 6.59. The molecule has 6 nitrogen and oxygen atoms in total. The van der Waals surface area contributed by atoms with E-state index in [4.69, 9.17) is 5.84 Å². The van der Waals surface area contributed by atoms with E-state index in [1.54, 1.807) is 11.3 Å². The summed E-state index contributed by atoms with van der Waals surface area (Å²) in [5.41, 5.74) is 2.54. The Kier molecular flexibility index (Phi) is 4.23. The van der Waals surface area contributed by atoms with Crippen LogP contribution in [0.3, 0.4) is 0 Å². The van der Waals surface area contributed by atoms with E-state index < -0.39 is 0 Å². The van der Waals surface area contributed by atoms with Gasteiger partial charge in [0.25, 0.3) is 0 Å². The van der Waals surface area contributed by atoms with Gasteiger partial charge in [-0.15, -0.1) is 11.3 Å². The molecule has 0 radical (unpaired) electrons. The molecule has 1 fully saturated rings. The lowest BCUT2D eigenvalue weighted by Crippen LogP contribution is -2.28. The summed E-state index contributed by atoms with van der Waals surface area (Å²) in [5.74, 6) is 6.74. The van der Waals surface area contributed by atoms with Gasteiger partial charge in [0.15, 0.2) is 0 Å². The topological polar surface area (TPSA) is 96.1 Å². The van der Waals surface area contributed by atoms with Gasteiger partial charge in [-0.3, -0.25) is 5.43 Å². The third-order valence-electron chi connectivity index (χ3n) is 3.96. The van der Waals surface area contributed by atoms with E-state index in [2.05, 4.69) is 33.7 Å². The average molecular weight is 307 g/mol. The third kappa shape index (κ3) is 3.09. The summed E-state index contributed by atoms with van der Waals surface area (Å²) in [6.45, 7) is 2.13. The molecule has 0 atom stereocenters. The van der Waals surface area contributed by atoms with Crippen molar-refractivity contribution in [2.24, 2.45) is 5.84 Å². The van der Waals surface area contributed by atoms with Gasteiger partial charge in [-0.05, 0) is 38.2 Å². The van der Waals surface area contributed by atoms with Crippen molar-refractivity contribution in [2.75, 3.05) is 10.7 Å². The number of nitrogens with zero attached hydrogens (tertiary/aromatic N) is 2. The van der Waals surface area contributed by atoms with Crippen molar-refractivity contribution in [2.45, 2.75) is 51.2 Å². The maximum atomic E-state index is 9.60. The molecule has 0 aromatic carbocycles. The van der Waals surface area contributed by atoms with Gasteiger partial charge in [-0.2, -0.15) is 4.98 Å². The zero-order chi connectivity index (χ0) is 14.8. The number of aryl methyl sites for hydroxylation is 1. The Morgan fingerprint density at radius 2 is 2.10 bits per heavy atom. The molecule has 0 aliphatic heterocycles. The Morgan fingerprint density at radius 3 is 2.76 bits per heavy atom. The van der Waals surface area contributed by atoms with Crippen LogP contribution in [0.1, 0.15) is 37.5 Å². The number of nitrogen functional groups attached to an aromatic ring is 1. The number of nitrogens with two attached hydrogens (primary N) is 1. The number of hydrogen-bond donors (Lipinski definition) is 4. The molecule has 2 heterocycles. The SMILES string of the molecule is CCc1cc2c(NC3CCC(O)CC3)nc(NN)nc2s1. The Hall–Kier alpha value is -1.44. The monoisotopic (exact) mass is 307 g/mol. The second-order valence-electron chi connectivity index (χ2n) is 5.48. The highest BCUT2D eigenvalue weighted by atomic mass is 32.1. The molecule has 2 aromatic heterocycles. The van der Waals surface area contributed by atoms with E-state index >= 15 is 0 Å². The van der Waals surface area contributed by atoms with Crippen molar-refractivity contribution in [1.82, 2.24) is 9.97 Å². The van der Waals surface area contributed by atoms with Crippen LogP contribution in [0.15, 0.2) is 6.07 Å². The number of fused-ring (bicyclic) bond motifs is 1. The summed E-state index contributed by atoms with van der Waals surface area (Å²) in [6, 6.07) is 2.50. The highest BCUT2D eigenvalue weighted by molar-refractivity contribution is 7.18. The maximum absolute atomic E-state index is 9.60. The number of hydrazine groups is 1. The zero-order valence-electron chi connectivity index (χ0n) is 12.1. The molecule has 0 saturated heterocycles. The Morgan fingerprint density at radius 1 is 1.33 bits per heavy atom. The van der Waals surface area contributed by atoms with E-state index in [1.165, 1.54) is 4.88 Å². The number of nitrogens with one attached hydrogen (secondary N) is 2. The third-order valence-corrected chi connectivity index (χ3v) is 5.13. The molecular formula is C14H21N5OS. The van der Waals surface area contributed by atoms with Crippen LogP contribution < -0.4 is 16.6 Å². The molecule has 114 valence electrons. The molecule has 7 heteroatoms.